The van der Waals surface area contributed by atoms with Gasteiger partial charge in [0.15, 0.2) is 13.2 Å². The van der Waals surface area contributed by atoms with Gasteiger partial charge in [-0.2, -0.15) is 0 Å². The van der Waals surface area contributed by atoms with E-state index in [4.69, 9.17) is 0 Å². The van der Waals surface area contributed by atoms with Crippen molar-refractivity contribution >= 4 is 18.2 Å². The number of imide groups is 1. The highest BCUT2D eigenvalue weighted by Crippen LogP contribution is 2.13. The summed E-state index contributed by atoms with van der Waals surface area (Å²) >= 11 is 0. The van der Waals surface area contributed by atoms with Crippen molar-refractivity contribution in [2.75, 3.05) is 13.6 Å². The van der Waals surface area contributed by atoms with E-state index in [1.165, 1.54) is 18.2 Å². The summed E-state index contributed by atoms with van der Waals surface area (Å²) in [6.07, 6.45) is 1.25. The molecule has 6 heteroatoms. The van der Waals surface area contributed by atoms with Crippen LogP contribution in [-0.4, -0.2) is 47.6 Å². The molecule has 1 unspecified atom stereocenters. The van der Waals surface area contributed by atoms with Gasteiger partial charge in [-0.1, -0.05) is 5.16 Å². The zero-order valence-electron chi connectivity index (χ0n) is 8.14. The lowest BCUT2D eigenvalue weighted by molar-refractivity contribution is -0.126. The van der Waals surface area contributed by atoms with E-state index in [0.717, 1.165) is 4.90 Å². The first-order valence-electron chi connectivity index (χ1n) is 4.16. The molecule has 0 aromatic carbocycles. The van der Waals surface area contributed by atoms with Crippen molar-refractivity contribution in [3.8, 4) is 0 Å². The Kier molecular flexibility index (Phi) is 3.06. The fraction of sp³-hybridized carbons (Fsp3) is 0.500. The normalized spacial score (nSPS) is 22.6. The molecule has 0 aliphatic carbocycles. The van der Waals surface area contributed by atoms with Gasteiger partial charge in [0.05, 0.1) is 6.21 Å². The SMILES string of the molecule is [CH2]O/N=C/C1C(=O)N(CC)C(=O)N1C. The van der Waals surface area contributed by atoms with E-state index in [2.05, 4.69) is 17.1 Å². The molecule has 1 aliphatic heterocycles. The van der Waals surface area contributed by atoms with Crippen LogP contribution in [0.1, 0.15) is 6.92 Å². The number of nitrogens with zero attached hydrogens (tertiary/aromatic N) is 3. The van der Waals surface area contributed by atoms with Crippen LogP contribution in [0.4, 0.5) is 4.79 Å². The average Bonchev–Trinajstić information content (AvgIpc) is 2.37. The summed E-state index contributed by atoms with van der Waals surface area (Å²) in [6.45, 7) is 2.10. The Morgan fingerprint density at radius 3 is 2.71 bits per heavy atom. The summed E-state index contributed by atoms with van der Waals surface area (Å²) in [7, 11) is 4.57. The number of carbonyl (C=O) groups is 2. The van der Waals surface area contributed by atoms with E-state index in [9.17, 15) is 9.59 Å². The highest BCUT2D eigenvalue weighted by atomic mass is 16.6. The first-order chi connectivity index (χ1) is 6.63. The first kappa shape index (κ1) is 10.5. The molecule has 3 amide bonds. The van der Waals surface area contributed by atoms with Crippen molar-refractivity contribution in [3.63, 3.8) is 0 Å². The lowest BCUT2D eigenvalue weighted by Gasteiger charge is -2.11. The predicted molar refractivity (Wildman–Crippen MR) is 49.3 cm³/mol. The number of likely N-dealkylation sites (N-methyl/N-ethyl adjacent to an activating group) is 2. The molecule has 0 bridgehead atoms. The van der Waals surface area contributed by atoms with Crippen molar-refractivity contribution in [1.82, 2.24) is 9.80 Å². The smallest absolute Gasteiger partial charge is 0.327 e. The summed E-state index contributed by atoms with van der Waals surface area (Å²) in [5, 5.41) is 3.38. The highest BCUT2D eigenvalue weighted by molar-refractivity contribution is 6.12. The van der Waals surface area contributed by atoms with E-state index in [-0.39, 0.29) is 11.9 Å². The molecule has 14 heavy (non-hydrogen) atoms. The Bertz CT molecular complexity index is 277. The molecule has 1 rings (SSSR count). The van der Waals surface area contributed by atoms with Gasteiger partial charge in [-0.05, 0) is 6.92 Å². The summed E-state index contributed by atoms with van der Waals surface area (Å²) < 4.78 is 0. The second-order valence-electron chi connectivity index (χ2n) is 2.80. The van der Waals surface area contributed by atoms with Gasteiger partial charge in [-0.3, -0.25) is 9.69 Å². The second kappa shape index (κ2) is 4.08. The maximum atomic E-state index is 11.6. The van der Waals surface area contributed by atoms with Crippen LogP contribution in [0.15, 0.2) is 5.16 Å². The van der Waals surface area contributed by atoms with Gasteiger partial charge in [-0.15, -0.1) is 0 Å². The summed E-state index contributed by atoms with van der Waals surface area (Å²) in [5.74, 6) is -0.291. The molecule has 1 heterocycles. The molecule has 1 saturated heterocycles. The van der Waals surface area contributed by atoms with Crippen LogP contribution in [-0.2, 0) is 9.63 Å². The van der Waals surface area contributed by atoms with Gasteiger partial charge in [0, 0.05) is 13.6 Å². The number of rotatable bonds is 3. The van der Waals surface area contributed by atoms with E-state index in [1.54, 1.807) is 6.92 Å². The molecule has 0 spiro atoms. The molecule has 1 radical (unpaired) electrons. The maximum Gasteiger partial charge on any atom is 0.327 e. The quantitative estimate of drug-likeness (QED) is 0.366. The maximum absolute atomic E-state index is 11.6. The Morgan fingerprint density at radius 1 is 1.64 bits per heavy atom. The molecule has 1 aliphatic rings. The Morgan fingerprint density at radius 2 is 2.29 bits per heavy atom. The minimum absolute atomic E-state index is 0.291. The standard InChI is InChI=1S/C8H12N3O3/c1-4-11-7(12)6(5-9-14-3)10(2)8(11)13/h5-6H,3-4H2,1-2H3/b9-5+. The number of carbonyl (C=O) groups excluding carboxylic acids is 2. The van der Waals surface area contributed by atoms with Crippen molar-refractivity contribution in [2.45, 2.75) is 13.0 Å². The Hall–Kier alpha value is -1.59. The number of hydrogen-bond acceptors (Lipinski definition) is 4. The highest BCUT2D eigenvalue weighted by Gasteiger charge is 2.41. The molecule has 6 nitrogen and oxygen atoms in total. The van der Waals surface area contributed by atoms with E-state index >= 15 is 0 Å². The van der Waals surface area contributed by atoms with Crippen molar-refractivity contribution < 1.29 is 14.4 Å². The largest absolute Gasteiger partial charge is 0.392 e. The molecular formula is C8H12N3O3. The molecule has 0 aromatic rings. The van der Waals surface area contributed by atoms with Gasteiger partial charge in [0.2, 0.25) is 0 Å². The van der Waals surface area contributed by atoms with Crippen molar-refractivity contribution in [3.05, 3.63) is 7.11 Å². The van der Waals surface area contributed by atoms with Crippen LogP contribution in [0.3, 0.4) is 0 Å². The summed E-state index contributed by atoms with van der Waals surface area (Å²) in [6, 6.07) is -0.998. The van der Waals surface area contributed by atoms with Crippen LogP contribution in [0, 0.1) is 7.11 Å². The Balaban J connectivity index is 2.83. The van der Waals surface area contributed by atoms with Crippen molar-refractivity contribution in [1.29, 1.82) is 0 Å². The fourth-order valence-electron chi connectivity index (χ4n) is 1.28. The fourth-order valence-corrected chi connectivity index (χ4v) is 1.28. The van der Waals surface area contributed by atoms with Gasteiger partial charge in [0.1, 0.15) is 0 Å². The minimum Gasteiger partial charge on any atom is -0.392 e. The topological polar surface area (TPSA) is 62.2 Å². The molecule has 1 fully saturated rings. The predicted octanol–water partition coefficient (Wildman–Crippen LogP) is 0.0629. The first-order valence-corrected chi connectivity index (χ1v) is 4.16. The van der Waals surface area contributed by atoms with Crippen LogP contribution >= 0.6 is 0 Å². The van der Waals surface area contributed by atoms with Gasteiger partial charge >= 0.3 is 6.03 Å². The minimum atomic E-state index is -0.677. The second-order valence-corrected chi connectivity index (χ2v) is 2.80. The molecule has 0 saturated carbocycles. The van der Waals surface area contributed by atoms with Crippen molar-refractivity contribution in [2.24, 2.45) is 5.16 Å². The number of amides is 3. The zero-order valence-corrected chi connectivity index (χ0v) is 8.14. The number of hydrogen-bond donors (Lipinski definition) is 0. The molecule has 0 aromatic heterocycles. The summed E-state index contributed by atoms with van der Waals surface area (Å²) in [4.78, 5) is 29.7. The molecule has 1 atom stereocenters. The third-order valence-corrected chi connectivity index (χ3v) is 2.06. The van der Waals surface area contributed by atoms with Crippen LogP contribution in [0.5, 0.6) is 0 Å². The Labute approximate surface area is 82.1 Å². The molecule has 77 valence electrons. The van der Waals surface area contributed by atoms with Crippen LogP contribution < -0.4 is 0 Å². The summed E-state index contributed by atoms with van der Waals surface area (Å²) in [5.41, 5.74) is 0. The van der Waals surface area contributed by atoms with Gasteiger partial charge in [-0.25, -0.2) is 4.79 Å². The number of oxime groups is 1. The zero-order chi connectivity index (χ0) is 10.7. The third-order valence-electron chi connectivity index (χ3n) is 2.06. The van der Waals surface area contributed by atoms with Gasteiger partial charge < -0.3 is 9.74 Å². The molecular weight excluding hydrogens is 186 g/mol. The monoisotopic (exact) mass is 198 g/mol. The van der Waals surface area contributed by atoms with E-state index in [0.29, 0.717) is 6.54 Å². The van der Waals surface area contributed by atoms with Crippen LogP contribution in [0.25, 0.3) is 0 Å². The van der Waals surface area contributed by atoms with Crippen LogP contribution in [0.2, 0.25) is 0 Å². The molecule has 0 N–H and O–H groups in total. The van der Waals surface area contributed by atoms with Gasteiger partial charge in [0.25, 0.3) is 5.91 Å². The average molecular weight is 198 g/mol. The lowest BCUT2D eigenvalue weighted by Crippen LogP contribution is -2.32. The lowest BCUT2D eigenvalue weighted by atomic mass is 10.3. The third kappa shape index (κ3) is 1.55. The number of urea groups is 1. The van der Waals surface area contributed by atoms with E-state index in [1.807, 2.05) is 0 Å². The van der Waals surface area contributed by atoms with E-state index < -0.39 is 6.04 Å².